The number of hydrogen-bond acceptors (Lipinski definition) is 6. The zero-order chi connectivity index (χ0) is 11.7. The quantitative estimate of drug-likeness (QED) is 0.519. The molecular formula is C8H11N3O5. The van der Waals surface area contributed by atoms with Gasteiger partial charge in [-0.1, -0.05) is 0 Å². The number of nitrogens with zero attached hydrogens (tertiary/aromatic N) is 2. The molecule has 2 rings (SSSR count). The second-order valence-corrected chi connectivity index (χ2v) is 3.50. The van der Waals surface area contributed by atoms with Crippen molar-refractivity contribution in [3.63, 3.8) is 0 Å². The van der Waals surface area contributed by atoms with Crippen LogP contribution in [0.1, 0.15) is 12.6 Å². The molecule has 1 aliphatic rings. The van der Waals surface area contributed by atoms with Crippen LogP contribution in [0.25, 0.3) is 0 Å². The first-order valence-corrected chi connectivity index (χ1v) is 4.73. The van der Waals surface area contributed by atoms with E-state index in [1.54, 1.807) is 0 Å². The van der Waals surface area contributed by atoms with Crippen LogP contribution in [-0.4, -0.2) is 43.6 Å². The van der Waals surface area contributed by atoms with Crippen molar-refractivity contribution in [1.82, 2.24) is 14.5 Å². The molecule has 88 valence electrons. The van der Waals surface area contributed by atoms with Crippen molar-refractivity contribution in [2.75, 3.05) is 6.61 Å². The van der Waals surface area contributed by atoms with Gasteiger partial charge in [0, 0.05) is 6.42 Å². The van der Waals surface area contributed by atoms with E-state index in [4.69, 9.17) is 9.84 Å². The lowest BCUT2D eigenvalue weighted by atomic mass is 10.2. The lowest BCUT2D eigenvalue weighted by Crippen LogP contribution is -2.33. The van der Waals surface area contributed by atoms with Crippen molar-refractivity contribution in [2.45, 2.75) is 24.9 Å². The van der Waals surface area contributed by atoms with Crippen molar-refractivity contribution >= 4 is 0 Å². The molecule has 0 saturated carbocycles. The largest absolute Gasteiger partial charge is 0.394 e. The second kappa shape index (κ2) is 4.16. The molecule has 0 aliphatic carbocycles. The zero-order valence-corrected chi connectivity index (χ0v) is 8.24. The maximum Gasteiger partial charge on any atom is 0.350 e. The van der Waals surface area contributed by atoms with Crippen molar-refractivity contribution in [1.29, 1.82) is 0 Å². The smallest absolute Gasteiger partial charge is 0.350 e. The molecular weight excluding hydrogens is 218 g/mol. The van der Waals surface area contributed by atoms with Gasteiger partial charge in [0.2, 0.25) is 0 Å². The fraction of sp³-hybridized carbons (Fsp3) is 0.625. The minimum atomic E-state index is -0.839. The van der Waals surface area contributed by atoms with Crippen LogP contribution in [0.5, 0.6) is 0 Å². The van der Waals surface area contributed by atoms with E-state index in [0.29, 0.717) is 0 Å². The van der Waals surface area contributed by atoms with E-state index in [2.05, 4.69) is 4.98 Å². The van der Waals surface area contributed by atoms with Crippen LogP contribution >= 0.6 is 0 Å². The molecule has 8 nitrogen and oxygen atoms in total. The molecule has 0 spiro atoms. The Bertz CT molecular complexity index is 481. The number of aliphatic hydroxyl groups is 2. The van der Waals surface area contributed by atoms with Crippen LogP contribution in [0.15, 0.2) is 15.9 Å². The van der Waals surface area contributed by atoms with E-state index in [9.17, 15) is 14.7 Å². The van der Waals surface area contributed by atoms with Crippen LogP contribution in [-0.2, 0) is 4.74 Å². The van der Waals surface area contributed by atoms with E-state index in [-0.39, 0.29) is 13.0 Å². The summed E-state index contributed by atoms with van der Waals surface area (Å²) in [6.07, 6.45) is -1.06. The molecule has 0 radical (unpaired) electrons. The average molecular weight is 229 g/mol. The standard InChI is InChI=1S/C8H11N3O5/c12-2-5-4(13)1-6(16-5)11-3-9-7(14)10-8(11)15/h3-6,12-13H,1-2H2,(H,10,14,15)/t4?,5-,6-/m1/s1. The third-order valence-electron chi connectivity index (χ3n) is 2.44. The van der Waals surface area contributed by atoms with Crippen LogP contribution in [0.2, 0.25) is 0 Å². The Hall–Kier alpha value is -1.51. The molecule has 0 aromatic carbocycles. The number of aliphatic hydroxyl groups excluding tert-OH is 2. The normalized spacial score (nSPS) is 29.5. The Morgan fingerprint density at radius 3 is 2.94 bits per heavy atom. The van der Waals surface area contributed by atoms with Gasteiger partial charge in [-0.25, -0.2) is 9.59 Å². The summed E-state index contributed by atoms with van der Waals surface area (Å²) in [6, 6.07) is 0. The van der Waals surface area contributed by atoms with Crippen LogP contribution in [0, 0.1) is 0 Å². The Kier molecular flexibility index (Phi) is 2.86. The van der Waals surface area contributed by atoms with E-state index < -0.39 is 29.8 Å². The predicted molar refractivity (Wildman–Crippen MR) is 50.7 cm³/mol. The summed E-state index contributed by atoms with van der Waals surface area (Å²) in [5.74, 6) is 0. The van der Waals surface area contributed by atoms with E-state index >= 15 is 0 Å². The lowest BCUT2D eigenvalue weighted by Gasteiger charge is -2.13. The molecule has 16 heavy (non-hydrogen) atoms. The first-order chi connectivity index (χ1) is 7.61. The monoisotopic (exact) mass is 229 g/mol. The highest BCUT2D eigenvalue weighted by atomic mass is 16.5. The summed E-state index contributed by atoms with van der Waals surface area (Å²) in [5, 5.41) is 18.3. The highest BCUT2D eigenvalue weighted by Crippen LogP contribution is 2.26. The summed E-state index contributed by atoms with van der Waals surface area (Å²) in [5.41, 5.74) is -1.39. The SMILES string of the molecule is O=c1ncn([C@H]2CC(O)[C@@H](CO)O2)c(=O)[nH]1. The number of H-pyrrole nitrogens is 1. The summed E-state index contributed by atoms with van der Waals surface area (Å²) >= 11 is 0. The van der Waals surface area contributed by atoms with E-state index in [1.807, 2.05) is 4.98 Å². The molecule has 3 N–H and O–H groups in total. The molecule has 0 bridgehead atoms. The van der Waals surface area contributed by atoms with Crippen LogP contribution in [0.4, 0.5) is 0 Å². The van der Waals surface area contributed by atoms with Crippen LogP contribution < -0.4 is 11.4 Å². The van der Waals surface area contributed by atoms with E-state index in [1.165, 1.54) is 0 Å². The third-order valence-corrected chi connectivity index (χ3v) is 2.44. The van der Waals surface area contributed by atoms with Gasteiger partial charge >= 0.3 is 11.4 Å². The van der Waals surface area contributed by atoms with E-state index in [0.717, 1.165) is 10.9 Å². The molecule has 2 heterocycles. The molecule has 1 fully saturated rings. The fourth-order valence-electron chi connectivity index (χ4n) is 1.61. The van der Waals surface area contributed by atoms with Gasteiger partial charge in [-0.3, -0.25) is 9.55 Å². The van der Waals surface area contributed by atoms with Gasteiger partial charge in [-0.15, -0.1) is 0 Å². The van der Waals surface area contributed by atoms with Crippen molar-refractivity contribution in [3.8, 4) is 0 Å². The Morgan fingerprint density at radius 2 is 2.38 bits per heavy atom. The molecule has 8 heteroatoms. The van der Waals surface area contributed by atoms with Gasteiger partial charge < -0.3 is 14.9 Å². The van der Waals surface area contributed by atoms with Gasteiger partial charge in [0.25, 0.3) is 0 Å². The zero-order valence-electron chi connectivity index (χ0n) is 8.24. The molecule has 0 amide bonds. The second-order valence-electron chi connectivity index (χ2n) is 3.50. The maximum atomic E-state index is 11.4. The summed E-state index contributed by atoms with van der Waals surface area (Å²) in [7, 11) is 0. The first-order valence-electron chi connectivity index (χ1n) is 4.73. The Labute approximate surface area is 89.1 Å². The van der Waals surface area contributed by atoms with Crippen molar-refractivity contribution in [3.05, 3.63) is 27.3 Å². The minimum Gasteiger partial charge on any atom is -0.394 e. The molecule has 1 aromatic rings. The molecule has 1 saturated heterocycles. The first kappa shape index (κ1) is 11.0. The maximum absolute atomic E-state index is 11.4. The molecule has 3 atom stereocenters. The fourth-order valence-corrected chi connectivity index (χ4v) is 1.61. The summed E-state index contributed by atoms with van der Waals surface area (Å²) in [6.45, 7) is -0.330. The number of hydrogen-bond donors (Lipinski definition) is 3. The minimum absolute atomic E-state index is 0.166. The molecule has 1 unspecified atom stereocenters. The Morgan fingerprint density at radius 1 is 1.62 bits per heavy atom. The van der Waals surface area contributed by atoms with Crippen molar-refractivity contribution < 1.29 is 14.9 Å². The summed E-state index contributed by atoms with van der Waals surface area (Å²) in [4.78, 5) is 27.5. The lowest BCUT2D eigenvalue weighted by molar-refractivity contribution is -0.0463. The van der Waals surface area contributed by atoms with Gasteiger partial charge in [-0.2, -0.15) is 4.98 Å². The Balaban J connectivity index is 2.27. The molecule has 1 aliphatic heterocycles. The summed E-state index contributed by atoms with van der Waals surface area (Å²) < 4.78 is 6.30. The number of nitrogens with one attached hydrogen (secondary N) is 1. The highest BCUT2D eigenvalue weighted by Gasteiger charge is 2.34. The average Bonchev–Trinajstić information content (AvgIpc) is 2.59. The van der Waals surface area contributed by atoms with Gasteiger partial charge in [0.05, 0.1) is 12.7 Å². The molecule has 1 aromatic heterocycles. The number of aromatic amines is 1. The topological polar surface area (TPSA) is 117 Å². The van der Waals surface area contributed by atoms with Gasteiger partial charge in [0.1, 0.15) is 18.7 Å². The van der Waals surface area contributed by atoms with Gasteiger partial charge in [-0.05, 0) is 0 Å². The number of aromatic nitrogens is 3. The van der Waals surface area contributed by atoms with Crippen molar-refractivity contribution in [2.24, 2.45) is 0 Å². The van der Waals surface area contributed by atoms with Gasteiger partial charge in [0.15, 0.2) is 0 Å². The van der Waals surface area contributed by atoms with Crippen LogP contribution in [0.3, 0.4) is 0 Å². The number of ether oxygens (including phenoxy) is 1. The highest BCUT2D eigenvalue weighted by molar-refractivity contribution is 4.82. The number of rotatable bonds is 2. The third kappa shape index (κ3) is 1.90. The predicted octanol–water partition coefficient (Wildman–Crippen LogP) is -2.43.